The fourth-order valence-electron chi connectivity index (χ4n) is 3.58. The van der Waals surface area contributed by atoms with Crippen molar-refractivity contribution in [2.24, 2.45) is 0 Å². The Morgan fingerprint density at radius 3 is 2.43 bits per heavy atom. The molecule has 1 aliphatic rings. The van der Waals surface area contributed by atoms with E-state index in [2.05, 4.69) is 9.88 Å². The average molecular weight is 379 g/mol. The third-order valence-electron chi connectivity index (χ3n) is 5.20. The number of pyridine rings is 1. The van der Waals surface area contributed by atoms with Gasteiger partial charge in [-0.25, -0.2) is 4.39 Å². The number of nitrogens with zero attached hydrogens (tertiary/aromatic N) is 3. The van der Waals surface area contributed by atoms with E-state index in [1.54, 1.807) is 19.2 Å². The van der Waals surface area contributed by atoms with Crippen molar-refractivity contribution in [1.82, 2.24) is 9.88 Å². The van der Waals surface area contributed by atoms with Gasteiger partial charge in [0.2, 0.25) is 0 Å². The van der Waals surface area contributed by atoms with Crippen molar-refractivity contribution in [3.8, 4) is 5.75 Å². The highest BCUT2D eigenvalue weighted by Crippen LogP contribution is 2.23. The first kappa shape index (κ1) is 18.2. The SMILES string of the molecule is COc1ccc2cc(C(=O)N3CCN(c4ccc(F)cc4)CC3)c(C)nc2c1. The number of rotatable bonds is 3. The van der Waals surface area contributed by atoms with E-state index in [1.807, 2.05) is 36.1 Å². The van der Waals surface area contributed by atoms with Crippen LogP contribution < -0.4 is 9.64 Å². The molecule has 2 aromatic carbocycles. The van der Waals surface area contributed by atoms with Crippen molar-refractivity contribution in [3.05, 3.63) is 65.6 Å². The van der Waals surface area contributed by atoms with Gasteiger partial charge in [0.05, 0.1) is 23.9 Å². The lowest BCUT2D eigenvalue weighted by atomic mass is 10.1. The molecule has 2 heterocycles. The molecule has 0 N–H and O–H groups in total. The van der Waals surface area contributed by atoms with Crippen molar-refractivity contribution in [2.45, 2.75) is 6.92 Å². The number of amides is 1. The Hall–Kier alpha value is -3.15. The van der Waals surface area contributed by atoms with Gasteiger partial charge in [-0.05, 0) is 49.4 Å². The van der Waals surface area contributed by atoms with Crippen LogP contribution in [0.5, 0.6) is 5.75 Å². The first-order valence-electron chi connectivity index (χ1n) is 9.30. The number of carbonyl (C=O) groups excluding carboxylic acids is 1. The first-order chi connectivity index (χ1) is 13.5. The number of piperazine rings is 1. The van der Waals surface area contributed by atoms with Crippen molar-refractivity contribution >= 4 is 22.5 Å². The van der Waals surface area contributed by atoms with E-state index in [4.69, 9.17) is 4.74 Å². The van der Waals surface area contributed by atoms with Crippen molar-refractivity contribution in [1.29, 1.82) is 0 Å². The fraction of sp³-hybridized carbons (Fsp3) is 0.273. The van der Waals surface area contributed by atoms with E-state index < -0.39 is 0 Å². The van der Waals surface area contributed by atoms with E-state index in [0.29, 0.717) is 37.4 Å². The largest absolute Gasteiger partial charge is 0.497 e. The highest BCUT2D eigenvalue weighted by atomic mass is 19.1. The van der Waals surface area contributed by atoms with Crippen LogP contribution in [0.4, 0.5) is 10.1 Å². The summed E-state index contributed by atoms with van der Waals surface area (Å²) in [6, 6.07) is 14.1. The van der Waals surface area contributed by atoms with Gasteiger partial charge in [-0.3, -0.25) is 9.78 Å². The Balaban J connectivity index is 1.50. The second-order valence-corrected chi connectivity index (χ2v) is 6.94. The van der Waals surface area contributed by atoms with Crippen LogP contribution in [0.3, 0.4) is 0 Å². The molecule has 6 heteroatoms. The predicted molar refractivity (Wildman–Crippen MR) is 108 cm³/mol. The molecule has 1 aliphatic heterocycles. The molecule has 4 rings (SSSR count). The zero-order valence-electron chi connectivity index (χ0n) is 16.0. The highest BCUT2D eigenvalue weighted by Gasteiger charge is 2.24. The molecule has 0 radical (unpaired) electrons. The lowest BCUT2D eigenvalue weighted by Gasteiger charge is -2.36. The van der Waals surface area contributed by atoms with Gasteiger partial charge in [-0.15, -0.1) is 0 Å². The molecule has 0 unspecified atom stereocenters. The van der Waals surface area contributed by atoms with Gasteiger partial charge >= 0.3 is 0 Å². The second-order valence-electron chi connectivity index (χ2n) is 6.94. The molecule has 1 aromatic heterocycles. The molecular weight excluding hydrogens is 357 g/mol. The number of methoxy groups -OCH3 is 1. The smallest absolute Gasteiger partial charge is 0.255 e. The summed E-state index contributed by atoms with van der Waals surface area (Å²) in [5.74, 6) is 0.506. The minimum atomic E-state index is -0.241. The summed E-state index contributed by atoms with van der Waals surface area (Å²) < 4.78 is 18.4. The van der Waals surface area contributed by atoms with Gasteiger partial charge in [0.1, 0.15) is 11.6 Å². The van der Waals surface area contributed by atoms with Crippen LogP contribution in [0.1, 0.15) is 16.1 Å². The van der Waals surface area contributed by atoms with Crippen molar-refractivity contribution in [2.75, 3.05) is 38.2 Å². The molecule has 1 amide bonds. The molecule has 0 atom stereocenters. The first-order valence-corrected chi connectivity index (χ1v) is 9.30. The molecular formula is C22H22FN3O2. The summed E-state index contributed by atoms with van der Waals surface area (Å²) in [6.45, 7) is 4.54. The minimum Gasteiger partial charge on any atom is -0.497 e. The van der Waals surface area contributed by atoms with E-state index in [-0.39, 0.29) is 11.7 Å². The normalized spacial score (nSPS) is 14.4. The number of anilines is 1. The van der Waals surface area contributed by atoms with Crippen LogP contribution in [0.25, 0.3) is 10.9 Å². The molecule has 144 valence electrons. The summed E-state index contributed by atoms with van der Waals surface area (Å²) in [5, 5.41) is 0.916. The Kier molecular flexibility index (Phi) is 4.86. The van der Waals surface area contributed by atoms with E-state index in [1.165, 1.54) is 12.1 Å². The summed E-state index contributed by atoms with van der Waals surface area (Å²) in [6.07, 6.45) is 0. The second kappa shape index (κ2) is 7.46. The van der Waals surface area contributed by atoms with Gasteiger partial charge in [0.25, 0.3) is 5.91 Å². The third-order valence-corrected chi connectivity index (χ3v) is 5.20. The lowest BCUT2D eigenvalue weighted by Crippen LogP contribution is -2.49. The van der Waals surface area contributed by atoms with Gasteiger partial charge in [0.15, 0.2) is 0 Å². The number of aryl methyl sites for hydroxylation is 1. The zero-order chi connectivity index (χ0) is 19.7. The van der Waals surface area contributed by atoms with Gasteiger partial charge in [0, 0.05) is 43.3 Å². The van der Waals surface area contributed by atoms with Gasteiger partial charge in [-0.2, -0.15) is 0 Å². The fourth-order valence-corrected chi connectivity index (χ4v) is 3.58. The number of hydrogen-bond acceptors (Lipinski definition) is 4. The van der Waals surface area contributed by atoms with Crippen LogP contribution in [0.2, 0.25) is 0 Å². The number of carbonyl (C=O) groups is 1. The lowest BCUT2D eigenvalue weighted by molar-refractivity contribution is 0.0746. The summed E-state index contributed by atoms with van der Waals surface area (Å²) in [5.41, 5.74) is 3.14. The van der Waals surface area contributed by atoms with Gasteiger partial charge < -0.3 is 14.5 Å². The molecule has 0 spiro atoms. The Morgan fingerprint density at radius 1 is 1.04 bits per heavy atom. The highest BCUT2D eigenvalue weighted by molar-refractivity contribution is 5.99. The van der Waals surface area contributed by atoms with E-state index in [9.17, 15) is 9.18 Å². The summed E-state index contributed by atoms with van der Waals surface area (Å²) in [4.78, 5) is 21.7. The maximum Gasteiger partial charge on any atom is 0.255 e. The molecule has 1 saturated heterocycles. The number of ether oxygens (including phenoxy) is 1. The molecule has 1 fully saturated rings. The van der Waals surface area contributed by atoms with Gasteiger partial charge in [-0.1, -0.05) is 0 Å². The Bertz CT molecular complexity index is 1010. The quantitative estimate of drug-likeness (QED) is 0.697. The van der Waals surface area contributed by atoms with E-state index >= 15 is 0 Å². The molecule has 0 saturated carbocycles. The average Bonchev–Trinajstić information content (AvgIpc) is 2.73. The van der Waals surface area contributed by atoms with Crippen molar-refractivity contribution in [3.63, 3.8) is 0 Å². The summed E-state index contributed by atoms with van der Waals surface area (Å²) >= 11 is 0. The van der Waals surface area contributed by atoms with Crippen LogP contribution in [0, 0.1) is 12.7 Å². The monoisotopic (exact) mass is 379 g/mol. The standard InChI is InChI=1S/C22H22FN3O2/c1-15-20(13-16-3-8-19(28-2)14-21(16)24-15)22(27)26-11-9-25(10-12-26)18-6-4-17(23)5-7-18/h3-8,13-14H,9-12H2,1-2H3. The number of fused-ring (bicyclic) bond motifs is 1. The molecule has 28 heavy (non-hydrogen) atoms. The van der Waals surface area contributed by atoms with Crippen LogP contribution >= 0.6 is 0 Å². The zero-order valence-corrected chi connectivity index (χ0v) is 16.0. The number of hydrogen-bond donors (Lipinski definition) is 0. The number of halogens is 1. The third kappa shape index (κ3) is 3.50. The Labute approximate surface area is 163 Å². The number of benzene rings is 2. The molecule has 3 aromatic rings. The topological polar surface area (TPSA) is 45.7 Å². The molecule has 5 nitrogen and oxygen atoms in total. The molecule has 0 bridgehead atoms. The summed E-state index contributed by atoms with van der Waals surface area (Å²) in [7, 11) is 1.62. The van der Waals surface area contributed by atoms with Crippen LogP contribution in [0.15, 0.2) is 48.5 Å². The predicted octanol–water partition coefficient (Wildman–Crippen LogP) is 3.65. The number of aromatic nitrogens is 1. The minimum absolute atomic E-state index is 0.00136. The maximum absolute atomic E-state index is 13.1. The Morgan fingerprint density at radius 2 is 1.75 bits per heavy atom. The maximum atomic E-state index is 13.1. The van der Waals surface area contributed by atoms with Crippen molar-refractivity contribution < 1.29 is 13.9 Å². The van der Waals surface area contributed by atoms with Crippen LogP contribution in [-0.2, 0) is 0 Å². The molecule has 0 aliphatic carbocycles. The van der Waals surface area contributed by atoms with Crippen LogP contribution in [-0.4, -0.2) is 49.1 Å². The van der Waals surface area contributed by atoms with E-state index in [0.717, 1.165) is 22.3 Å².